The van der Waals surface area contributed by atoms with Gasteiger partial charge in [0.15, 0.2) is 0 Å². The van der Waals surface area contributed by atoms with Gasteiger partial charge < -0.3 is 9.64 Å². The van der Waals surface area contributed by atoms with Crippen molar-refractivity contribution in [3.63, 3.8) is 0 Å². The van der Waals surface area contributed by atoms with Gasteiger partial charge in [0, 0.05) is 20.2 Å². The van der Waals surface area contributed by atoms with Crippen molar-refractivity contribution >= 4 is 15.9 Å². The normalized spacial score (nSPS) is 21.7. The number of hydrogen-bond acceptors (Lipinski definition) is 4. The first kappa shape index (κ1) is 18.8. The molecule has 0 aromatic heterocycles. The maximum atomic E-state index is 13.8. The molecule has 1 amide bonds. The minimum Gasteiger partial charge on any atom is -0.379 e. The molecule has 134 valence electrons. The summed E-state index contributed by atoms with van der Waals surface area (Å²) in [6.07, 6.45) is 2.03. The molecule has 8 heteroatoms. The summed E-state index contributed by atoms with van der Waals surface area (Å²) in [4.78, 5) is 13.7. The van der Waals surface area contributed by atoms with Crippen molar-refractivity contribution in [1.82, 2.24) is 9.62 Å². The molecule has 2 rings (SSSR count). The van der Waals surface area contributed by atoms with E-state index in [-0.39, 0.29) is 30.3 Å². The molecule has 0 spiro atoms. The predicted molar refractivity (Wildman–Crippen MR) is 88.4 cm³/mol. The quantitative estimate of drug-likeness (QED) is 0.815. The molecule has 1 aromatic carbocycles. The zero-order chi connectivity index (χ0) is 17.7. The standard InChI is InChI=1S/C16H23FN2O4S/c1-23-15-11-19(16(20)10-18-24(2,21)22)8-7-13(15)9-12-5-3-4-6-14(12)17/h3-6,13,15,18H,7-11H2,1-2H3/t13-,15+/m1/s1. The van der Waals surface area contributed by atoms with Crippen molar-refractivity contribution in [3.05, 3.63) is 35.6 Å². The molecule has 1 aliphatic rings. The van der Waals surface area contributed by atoms with E-state index in [1.54, 1.807) is 30.2 Å². The largest absolute Gasteiger partial charge is 0.379 e. The van der Waals surface area contributed by atoms with Crippen molar-refractivity contribution < 1.29 is 22.3 Å². The smallest absolute Gasteiger partial charge is 0.237 e. The Kier molecular flexibility index (Phi) is 6.31. The van der Waals surface area contributed by atoms with E-state index in [0.717, 1.165) is 6.26 Å². The summed E-state index contributed by atoms with van der Waals surface area (Å²) in [6, 6.07) is 6.65. The number of nitrogens with zero attached hydrogens (tertiary/aromatic N) is 1. The number of methoxy groups -OCH3 is 1. The van der Waals surface area contributed by atoms with Crippen molar-refractivity contribution in [2.24, 2.45) is 5.92 Å². The van der Waals surface area contributed by atoms with Gasteiger partial charge in [0.2, 0.25) is 15.9 Å². The highest BCUT2D eigenvalue weighted by molar-refractivity contribution is 7.88. The molecule has 0 aliphatic carbocycles. The Labute approximate surface area is 142 Å². The molecule has 24 heavy (non-hydrogen) atoms. The van der Waals surface area contributed by atoms with Crippen LogP contribution in [0.5, 0.6) is 0 Å². The van der Waals surface area contributed by atoms with Gasteiger partial charge in [-0.2, -0.15) is 0 Å². The van der Waals surface area contributed by atoms with Crippen molar-refractivity contribution in [2.45, 2.75) is 18.9 Å². The van der Waals surface area contributed by atoms with Gasteiger partial charge in [0.1, 0.15) is 5.82 Å². The molecule has 1 N–H and O–H groups in total. The molecule has 1 saturated heterocycles. The van der Waals surface area contributed by atoms with Crippen LogP contribution in [0.25, 0.3) is 0 Å². The summed E-state index contributed by atoms with van der Waals surface area (Å²) < 4.78 is 43.7. The van der Waals surface area contributed by atoms with Crippen molar-refractivity contribution in [3.8, 4) is 0 Å². The van der Waals surface area contributed by atoms with Crippen LogP contribution in [0.3, 0.4) is 0 Å². The maximum Gasteiger partial charge on any atom is 0.237 e. The molecule has 0 bridgehead atoms. The third kappa shape index (κ3) is 5.25. The molecule has 0 unspecified atom stereocenters. The fourth-order valence-corrected chi connectivity index (χ4v) is 3.33. The summed E-state index contributed by atoms with van der Waals surface area (Å²) in [5, 5.41) is 0. The maximum absolute atomic E-state index is 13.8. The summed E-state index contributed by atoms with van der Waals surface area (Å²) in [7, 11) is -1.83. The van der Waals surface area contributed by atoms with Crippen LogP contribution in [0.1, 0.15) is 12.0 Å². The monoisotopic (exact) mass is 358 g/mol. The highest BCUT2D eigenvalue weighted by Gasteiger charge is 2.32. The summed E-state index contributed by atoms with van der Waals surface area (Å²) >= 11 is 0. The SMILES string of the molecule is CO[C@H]1CN(C(=O)CNS(C)(=O)=O)CC[C@@H]1Cc1ccccc1F. The number of hydrogen-bond donors (Lipinski definition) is 1. The lowest BCUT2D eigenvalue weighted by Gasteiger charge is -2.38. The molecule has 0 radical (unpaired) electrons. The van der Waals surface area contributed by atoms with E-state index < -0.39 is 10.0 Å². The number of piperidine rings is 1. The van der Waals surface area contributed by atoms with Crippen LogP contribution in [-0.4, -0.2) is 58.3 Å². The van der Waals surface area contributed by atoms with Crippen LogP contribution >= 0.6 is 0 Å². The Morgan fingerprint density at radius 3 is 2.75 bits per heavy atom. The minimum atomic E-state index is -3.40. The van der Waals surface area contributed by atoms with Gasteiger partial charge in [-0.05, 0) is 30.4 Å². The van der Waals surface area contributed by atoms with E-state index in [4.69, 9.17) is 4.74 Å². The first-order chi connectivity index (χ1) is 11.3. The van der Waals surface area contributed by atoms with Gasteiger partial charge >= 0.3 is 0 Å². The van der Waals surface area contributed by atoms with Crippen LogP contribution in [0.4, 0.5) is 4.39 Å². The number of likely N-dealkylation sites (tertiary alicyclic amines) is 1. The topological polar surface area (TPSA) is 75.7 Å². The Morgan fingerprint density at radius 2 is 2.12 bits per heavy atom. The van der Waals surface area contributed by atoms with Crippen molar-refractivity contribution in [1.29, 1.82) is 0 Å². The number of halogens is 1. The second kappa shape index (κ2) is 8.04. The molecule has 1 heterocycles. The average Bonchev–Trinajstić information content (AvgIpc) is 2.54. The fraction of sp³-hybridized carbons (Fsp3) is 0.562. The van der Waals surface area contributed by atoms with E-state index in [1.807, 2.05) is 0 Å². The Balaban J connectivity index is 1.96. The van der Waals surface area contributed by atoms with E-state index in [2.05, 4.69) is 4.72 Å². The van der Waals surface area contributed by atoms with E-state index in [0.29, 0.717) is 31.5 Å². The van der Waals surface area contributed by atoms with E-state index in [1.165, 1.54) is 6.07 Å². The predicted octanol–water partition coefficient (Wildman–Crippen LogP) is 0.781. The van der Waals surface area contributed by atoms with Gasteiger partial charge in [-0.25, -0.2) is 17.5 Å². The molecule has 1 aromatic rings. The third-order valence-electron chi connectivity index (χ3n) is 4.28. The van der Waals surface area contributed by atoms with E-state index in [9.17, 15) is 17.6 Å². The van der Waals surface area contributed by atoms with Gasteiger partial charge in [-0.3, -0.25) is 4.79 Å². The molecule has 1 fully saturated rings. The molecule has 6 nitrogen and oxygen atoms in total. The van der Waals surface area contributed by atoms with Gasteiger partial charge in [-0.1, -0.05) is 18.2 Å². The molecular formula is C16H23FN2O4S. The number of amides is 1. The number of sulfonamides is 1. The molecule has 0 saturated carbocycles. The lowest BCUT2D eigenvalue weighted by molar-refractivity contribution is -0.135. The fourth-order valence-electron chi connectivity index (χ4n) is 2.94. The highest BCUT2D eigenvalue weighted by Crippen LogP contribution is 2.25. The van der Waals surface area contributed by atoms with Gasteiger partial charge in [0.25, 0.3) is 0 Å². The second-order valence-corrected chi connectivity index (χ2v) is 7.88. The first-order valence-corrected chi connectivity index (χ1v) is 9.68. The summed E-state index contributed by atoms with van der Waals surface area (Å²) in [5.41, 5.74) is 0.642. The zero-order valence-corrected chi connectivity index (χ0v) is 14.7. The third-order valence-corrected chi connectivity index (χ3v) is 4.95. The number of carbonyl (C=O) groups is 1. The average molecular weight is 358 g/mol. The summed E-state index contributed by atoms with van der Waals surface area (Å²) in [6.45, 7) is 0.621. The number of carbonyl (C=O) groups excluding carboxylic acids is 1. The van der Waals surface area contributed by atoms with Crippen LogP contribution in [-0.2, 0) is 26.0 Å². The number of rotatable bonds is 6. The molecule has 2 atom stereocenters. The summed E-state index contributed by atoms with van der Waals surface area (Å²) in [5.74, 6) is -0.408. The second-order valence-electron chi connectivity index (χ2n) is 6.05. The van der Waals surface area contributed by atoms with Crippen LogP contribution in [0.15, 0.2) is 24.3 Å². The van der Waals surface area contributed by atoms with Crippen LogP contribution in [0, 0.1) is 11.7 Å². The number of benzene rings is 1. The highest BCUT2D eigenvalue weighted by atomic mass is 32.2. The lowest BCUT2D eigenvalue weighted by Crippen LogP contribution is -2.50. The minimum absolute atomic E-state index is 0.110. The van der Waals surface area contributed by atoms with Gasteiger partial charge in [-0.15, -0.1) is 0 Å². The van der Waals surface area contributed by atoms with Gasteiger partial charge in [0.05, 0.1) is 18.9 Å². The number of nitrogens with one attached hydrogen (secondary N) is 1. The number of ether oxygens (including phenoxy) is 1. The Hall–Kier alpha value is -1.51. The Morgan fingerprint density at radius 1 is 1.42 bits per heavy atom. The molecular weight excluding hydrogens is 335 g/mol. The zero-order valence-electron chi connectivity index (χ0n) is 13.9. The Bertz CT molecular complexity index is 680. The lowest BCUT2D eigenvalue weighted by atomic mass is 9.87. The first-order valence-electron chi connectivity index (χ1n) is 7.78. The van der Waals surface area contributed by atoms with E-state index >= 15 is 0 Å². The van der Waals surface area contributed by atoms with Crippen LogP contribution < -0.4 is 4.72 Å². The molecule has 1 aliphatic heterocycles. The van der Waals surface area contributed by atoms with Crippen LogP contribution in [0.2, 0.25) is 0 Å². The van der Waals surface area contributed by atoms with Crippen molar-refractivity contribution in [2.75, 3.05) is 33.0 Å².